The van der Waals surface area contributed by atoms with Crippen LogP contribution < -0.4 is 5.32 Å². The molecule has 9 heavy (non-hydrogen) atoms. The number of nitrogens with zero attached hydrogens (tertiary/aromatic N) is 1. The van der Waals surface area contributed by atoms with E-state index in [2.05, 4.69) is 11.9 Å². The third-order valence-electron chi connectivity index (χ3n) is 0.344. The lowest BCUT2D eigenvalue weighted by atomic mass is 10.6. The molecular weight excluding hydrogens is 116 g/mol. The Labute approximate surface area is 55.0 Å². The van der Waals surface area contributed by atoms with E-state index < -0.39 is 0 Å². The molecule has 3 heteroatoms. The van der Waals surface area contributed by atoms with Gasteiger partial charge in [0.05, 0.1) is 6.07 Å². The molecule has 0 aliphatic rings. The molecule has 0 aromatic rings. The maximum absolute atomic E-state index is 9.22. The zero-order valence-corrected chi connectivity index (χ0v) is 5.42. The van der Waals surface area contributed by atoms with E-state index >= 15 is 0 Å². The van der Waals surface area contributed by atoms with Gasteiger partial charge in [0.1, 0.15) is 0 Å². The van der Waals surface area contributed by atoms with Crippen LogP contribution in [0.4, 0.5) is 0 Å². The Kier molecular flexibility index (Phi) is 18.8. The minimum atomic E-state index is 0.562. The van der Waals surface area contributed by atoms with Gasteiger partial charge in [-0.3, -0.25) is 4.79 Å². The average Bonchev–Trinajstić information content (AvgIpc) is 1.91. The van der Waals surface area contributed by atoms with Crippen molar-refractivity contribution in [3.63, 3.8) is 0 Å². The third kappa shape index (κ3) is 51.2. The molecule has 0 bridgehead atoms. The minimum absolute atomic E-state index is 0.562. The van der Waals surface area contributed by atoms with Crippen molar-refractivity contribution >= 4 is 6.41 Å². The maximum Gasteiger partial charge on any atom is 0.211 e. The molecule has 0 rings (SSSR count). The topological polar surface area (TPSA) is 52.9 Å². The first-order valence-corrected chi connectivity index (χ1v) is 2.51. The average molecular weight is 126 g/mol. The quantitative estimate of drug-likeness (QED) is 0.556. The minimum Gasteiger partial charge on any atom is -0.336 e. The van der Waals surface area contributed by atoms with Crippen molar-refractivity contribution in [3.05, 3.63) is 12.8 Å². The van der Waals surface area contributed by atoms with Gasteiger partial charge in [-0.05, 0) is 6.20 Å². The molecule has 0 spiro atoms. The van der Waals surface area contributed by atoms with E-state index in [9.17, 15) is 4.79 Å². The SMILES string of the molecule is C=CNC=O.CCC#N. The van der Waals surface area contributed by atoms with Crippen LogP contribution in [0.5, 0.6) is 0 Å². The summed E-state index contributed by atoms with van der Waals surface area (Å²) >= 11 is 0. The van der Waals surface area contributed by atoms with Gasteiger partial charge in [0, 0.05) is 6.42 Å². The predicted molar refractivity (Wildman–Crippen MR) is 35.3 cm³/mol. The molecule has 3 nitrogen and oxygen atoms in total. The molecule has 0 aliphatic heterocycles. The highest BCUT2D eigenvalue weighted by atomic mass is 16.1. The van der Waals surface area contributed by atoms with Crippen LogP contribution in [-0.2, 0) is 4.79 Å². The number of hydrogen-bond donors (Lipinski definition) is 1. The molecule has 0 heterocycles. The fourth-order valence-corrected chi connectivity index (χ4v) is 0.0481. The summed E-state index contributed by atoms with van der Waals surface area (Å²) in [7, 11) is 0. The predicted octanol–water partition coefficient (Wildman–Crippen LogP) is 0.796. The smallest absolute Gasteiger partial charge is 0.211 e. The number of nitriles is 1. The second-order valence-electron chi connectivity index (χ2n) is 1.00. The molecule has 0 saturated carbocycles. The Morgan fingerprint density at radius 2 is 2.33 bits per heavy atom. The van der Waals surface area contributed by atoms with Gasteiger partial charge in [-0.1, -0.05) is 13.5 Å². The second kappa shape index (κ2) is 15.9. The Balaban J connectivity index is 0. The Hall–Kier alpha value is -1.30. The summed E-state index contributed by atoms with van der Waals surface area (Å²) in [5.74, 6) is 0. The monoisotopic (exact) mass is 126 g/mol. The summed E-state index contributed by atoms with van der Waals surface area (Å²) in [5.41, 5.74) is 0. The van der Waals surface area contributed by atoms with E-state index in [1.165, 1.54) is 6.20 Å². The molecule has 1 N–H and O–H groups in total. The Morgan fingerprint density at radius 3 is 2.33 bits per heavy atom. The van der Waals surface area contributed by atoms with Crippen LogP contribution in [0.25, 0.3) is 0 Å². The fourth-order valence-electron chi connectivity index (χ4n) is 0.0481. The molecule has 0 unspecified atom stereocenters. The van der Waals surface area contributed by atoms with Crippen LogP contribution in [0.3, 0.4) is 0 Å². The van der Waals surface area contributed by atoms with E-state index in [0.29, 0.717) is 12.8 Å². The van der Waals surface area contributed by atoms with E-state index in [1.54, 1.807) is 0 Å². The zero-order valence-electron chi connectivity index (χ0n) is 5.42. The number of carbonyl (C=O) groups excluding carboxylic acids is 1. The highest BCUT2D eigenvalue weighted by Gasteiger charge is 1.50. The summed E-state index contributed by atoms with van der Waals surface area (Å²) in [6.07, 6.45) is 2.50. The van der Waals surface area contributed by atoms with Crippen molar-refractivity contribution in [2.75, 3.05) is 0 Å². The summed E-state index contributed by atoms with van der Waals surface area (Å²) in [6, 6.07) is 1.93. The molecule has 0 aromatic carbocycles. The van der Waals surface area contributed by atoms with Crippen molar-refractivity contribution < 1.29 is 4.79 Å². The molecular formula is C6H10N2O. The molecule has 0 atom stereocenters. The zero-order chi connectivity index (χ0) is 7.54. The van der Waals surface area contributed by atoms with Crippen LogP contribution in [0.15, 0.2) is 12.8 Å². The number of carbonyl (C=O) groups is 1. The first-order valence-electron chi connectivity index (χ1n) is 2.51. The van der Waals surface area contributed by atoms with Crippen molar-refractivity contribution in [2.45, 2.75) is 13.3 Å². The second-order valence-corrected chi connectivity index (χ2v) is 1.00. The number of amides is 1. The van der Waals surface area contributed by atoms with Gasteiger partial charge in [-0.2, -0.15) is 5.26 Å². The van der Waals surface area contributed by atoms with Gasteiger partial charge < -0.3 is 5.32 Å². The summed E-state index contributed by atoms with van der Waals surface area (Å²) in [5, 5.41) is 9.82. The normalized spacial score (nSPS) is 5.33. The van der Waals surface area contributed by atoms with Gasteiger partial charge in [-0.15, -0.1) is 0 Å². The molecule has 0 saturated heterocycles. The summed E-state index contributed by atoms with van der Waals surface area (Å²) in [6.45, 7) is 5.03. The van der Waals surface area contributed by atoms with Crippen molar-refractivity contribution in [3.8, 4) is 6.07 Å². The fraction of sp³-hybridized carbons (Fsp3) is 0.333. The highest BCUT2D eigenvalue weighted by Crippen LogP contribution is 1.58. The third-order valence-corrected chi connectivity index (χ3v) is 0.344. The number of rotatable bonds is 2. The van der Waals surface area contributed by atoms with Gasteiger partial charge in [0.2, 0.25) is 6.41 Å². The van der Waals surface area contributed by atoms with Gasteiger partial charge in [0.25, 0.3) is 0 Å². The molecule has 0 aliphatic carbocycles. The molecule has 0 fully saturated rings. The van der Waals surface area contributed by atoms with Crippen molar-refractivity contribution in [1.82, 2.24) is 5.32 Å². The lowest BCUT2D eigenvalue weighted by molar-refractivity contribution is -0.108. The van der Waals surface area contributed by atoms with E-state index in [-0.39, 0.29) is 0 Å². The number of nitrogens with one attached hydrogen (secondary N) is 1. The van der Waals surface area contributed by atoms with Crippen LogP contribution in [0.1, 0.15) is 13.3 Å². The van der Waals surface area contributed by atoms with Gasteiger partial charge in [0.15, 0.2) is 0 Å². The Morgan fingerprint density at radius 1 is 1.89 bits per heavy atom. The van der Waals surface area contributed by atoms with Crippen LogP contribution in [0.2, 0.25) is 0 Å². The van der Waals surface area contributed by atoms with E-state index in [1.807, 2.05) is 13.0 Å². The molecule has 0 radical (unpaired) electrons. The molecule has 50 valence electrons. The molecule has 1 amide bonds. The van der Waals surface area contributed by atoms with Gasteiger partial charge >= 0.3 is 0 Å². The largest absolute Gasteiger partial charge is 0.336 e. The lowest BCUT2D eigenvalue weighted by Gasteiger charge is -1.70. The van der Waals surface area contributed by atoms with Gasteiger partial charge in [-0.25, -0.2) is 0 Å². The van der Waals surface area contributed by atoms with Crippen LogP contribution in [-0.4, -0.2) is 6.41 Å². The maximum atomic E-state index is 9.22. The molecule has 0 aromatic heterocycles. The summed E-state index contributed by atoms with van der Waals surface area (Å²) < 4.78 is 0. The van der Waals surface area contributed by atoms with Crippen LogP contribution >= 0.6 is 0 Å². The van der Waals surface area contributed by atoms with E-state index in [0.717, 1.165) is 0 Å². The Bertz CT molecular complexity index is 98.1. The summed E-state index contributed by atoms with van der Waals surface area (Å²) in [4.78, 5) is 9.22. The number of hydrogen-bond acceptors (Lipinski definition) is 2. The van der Waals surface area contributed by atoms with Crippen LogP contribution in [0, 0.1) is 11.3 Å². The standard InChI is InChI=1S/C3H5NO.C3H5N/c1-2-4-3-5;1-2-3-4/h2-3H,1H2,(H,4,5);2H2,1H3. The highest BCUT2D eigenvalue weighted by molar-refractivity contribution is 5.47. The van der Waals surface area contributed by atoms with E-state index in [4.69, 9.17) is 5.26 Å². The first kappa shape index (κ1) is 10.6. The van der Waals surface area contributed by atoms with Crippen molar-refractivity contribution in [1.29, 1.82) is 5.26 Å². The first-order chi connectivity index (χ1) is 4.33. The van der Waals surface area contributed by atoms with Crippen molar-refractivity contribution in [2.24, 2.45) is 0 Å². The lowest BCUT2D eigenvalue weighted by Crippen LogP contribution is -1.96.